The maximum atomic E-state index is 11.4. The van der Waals surface area contributed by atoms with E-state index in [4.69, 9.17) is 14.2 Å². The van der Waals surface area contributed by atoms with E-state index in [-0.39, 0.29) is 6.42 Å². The van der Waals surface area contributed by atoms with Crippen LogP contribution in [0.5, 0.6) is 17.2 Å². The molecule has 0 saturated carbocycles. The zero-order valence-electron chi connectivity index (χ0n) is 18.7. The van der Waals surface area contributed by atoms with Gasteiger partial charge in [-0.1, -0.05) is 91.0 Å². The largest absolute Gasteiger partial charge is 0.485 e. The monoisotopic (exact) mass is 454 g/mol. The summed E-state index contributed by atoms with van der Waals surface area (Å²) >= 11 is 0. The average molecular weight is 455 g/mol. The lowest BCUT2D eigenvalue weighted by atomic mass is 10.1. The molecular weight excluding hydrogens is 428 g/mol. The lowest BCUT2D eigenvalue weighted by Crippen LogP contribution is -2.07. The first kappa shape index (κ1) is 22.9. The van der Waals surface area contributed by atoms with Gasteiger partial charge in [0.25, 0.3) is 0 Å². The number of carboxylic acids is 1. The highest BCUT2D eigenvalue weighted by molar-refractivity contribution is 5.71. The molecule has 5 heteroatoms. The molecule has 0 bridgehead atoms. The minimum Gasteiger partial charge on any atom is -0.485 e. The Labute approximate surface area is 199 Å². The molecule has 0 unspecified atom stereocenters. The lowest BCUT2D eigenvalue weighted by molar-refractivity contribution is -0.136. The fraction of sp³-hybridized carbons (Fsp3) is 0.138. The lowest BCUT2D eigenvalue weighted by Gasteiger charge is -2.19. The van der Waals surface area contributed by atoms with Crippen molar-refractivity contribution in [2.45, 2.75) is 26.2 Å². The predicted octanol–water partition coefficient (Wildman–Crippen LogP) is 6.05. The van der Waals surface area contributed by atoms with Gasteiger partial charge < -0.3 is 19.3 Å². The van der Waals surface area contributed by atoms with Crippen molar-refractivity contribution in [2.24, 2.45) is 0 Å². The molecule has 0 spiro atoms. The summed E-state index contributed by atoms with van der Waals surface area (Å²) in [6.45, 7) is 0.955. The van der Waals surface area contributed by atoms with Crippen LogP contribution >= 0.6 is 0 Å². The quantitative estimate of drug-likeness (QED) is 0.299. The Hall–Kier alpha value is -4.25. The zero-order valence-corrected chi connectivity index (χ0v) is 18.7. The highest BCUT2D eigenvalue weighted by Crippen LogP contribution is 2.40. The van der Waals surface area contributed by atoms with E-state index < -0.39 is 5.97 Å². The van der Waals surface area contributed by atoms with Gasteiger partial charge in [0, 0.05) is 0 Å². The Bertz CT molecular complexity index is 1130. The van der Waals surface area contributed by atoms with Gasteiger partial charge in [-0.15, -0.1) is 0 Å². The Morgan fingerprint density at radius 2 is 0.941 bits per heavy atom. The van der Waals surface area contributed by atoms with Crippen molar-refractivity contribution in [1.29, 1.82) is 0 Å². The van der Waals surface area contributed by atoms with Gasteiger partial charge in [0.1, 0.15) is 19.8 Å². The number of hydrogen-bond donors (Lipinski definition) is 1. The SMILES string of the molecule is O=C(O)Cc1cc(OCc2ccccc2)c(OCc2ccccc2)c(OCc2ccccc2)c1. The molecule has 0 heterocycles. The van der Waals surface area contributed by atoms with Crippen molar-refractivity contribution in [2.75, 3.05) is 0 Å². The molecule has 4 aromatic carbocycles. The van der Waals surface area contributed by atoms with Gasteiger partial charge in [-0.05, 0) is 34.4 Å². The van der Waals surface area contributed by atoms with Crippen LogP contribution < -0.4 is 14.2 Å². The summed E-state index contributed by atoms with van der Waals surface area (Å²) in [5.74, 6) is 0.411. The molecule has 0 amide bonds. The Kier molecular flexibility index (Phi) is 7.80. The summed E-state index contributed by atoms with van der Waals surface area (Å²) < 4.78 is 18.5. The van der Waals surface area contributed by atoms with Gasteiger partial charge in [-0.3, -0.25) is 4.79 Å². The third-order valence-corrected chi connectivity index (χ3v) is 5.14. The molecular formula is C29H26O5. The van der Waals surface area contributed by atoms with Crippen LogP contribution in [-0.4, -0.2) is 11.1 Å². The average Bonchev–Trinajstić information content (AvgIpc) is 2.87. The van der Waals surface area contributed by atoms with Crippen molar-refractivity contribution in [3.8, 4) is 17.2 Å². The van der Waals surface area contributed by atoms with Gasteiger partial charge in [0.2, 0.25) is 5.75 Å². The predicted molar refractivity (Wildman–Crippen MR) is 130 cm³/mol. The summed E-state index contributed by atoms with van der Waals surface area (Å²) in [5, 5.41) is 9.37. The zero-order chi connectivity index (χ0) is 23.6. The number of aliphatic carboxylic acids is 1. The molecule has 34 heavy (non-hydrogen) atoms. The van der Waals surface area contributed by atoms with Crippen molar-refractivity contribution in [3.05, 3.63) is 125 Å². The van der Waals surface area contributed by atoms with Crippen LogP contribution in [0.1, 0.15) is 22.3 Å². The van der Waals surface area contributed by atoms with Gasteiger partial charge in [0.05, 0.1) is 6.42 Å². The van der Waals surface area contributed by atoms with E-state index in [9.17, 15) is 9.90 Å². The molecule has 0 saturated heterocycles. The minimum absolute atomic E-state index is 0.150. The number of carboxylic acid groups (broad SMARTS) is 1. The van der Waals surface area contributed by atoms with Crippen LogP contribution in [-0.2, 0) is 31.0 Å². The normalized spacial score (nSPS) is 10.5. The molecule has 0 fully saturated rings. The van der Waals surface area contributed by atoms with Crippen molar-refractivity contribution in [1.82, 2.24) is 0 Å². The second kappa shape index (κ2) is 11.6. The van der Waals surface area contributed by atoms with E-state index in [2.05, 4.69) is 0 Å². The van der Waals surface area contributed by atoms with Gasteiger partial charge in [-0.25, -0.2) is 0 Å². The number of hydrogen-bond acceptors (Lipinski definition) is 4. The molecule has 172 valence electrons. The van der Waals surface area contributed by atoms with Crippen LogP contribution in [0.2, 0.25) is 0 Å². The number of benzene rings is 4. The van der Waals surface area contributed by atoms with Crippen LogP contribution in [0.15, 0.2) is 103 Å². The molecule has 5 nitrogen and oxygen atoms in total. The molecule has 0 aliphatic heterocycles. The number of ether oxygens (including phenoxy) is 3. The van der Waals surface area contributed by atoms with E-state index in [1.54, 1.807) is 12.1 Å². The number of rotatable bonds is 11. The molecule has 4 rings (SSSR count). The first-order valence-electron chi connectivity index (χ1n) is 11.1. The third kappa shape index (κ3) is 6.62. The van der Waals surface area contributed by atoms with Crippen LogP contribution in [0.3, 0.4) is 0 Å². The van der Waals surface area contributed by atoms with E-state index in [0.29, 0.717) is 42.6 Å². The molecule has 0 aromatic heterocycles. The molecule has 1 N–H and O–H groups in total. The minimum atomic E-state index is -0.930. The van der Waals surface area contributed by atoms with E-state index in [1.165, 1.54) is 0 Å². The van der Waals surface area contributed by atoms with Gasteiger partial charge in [0.15, 0.2) is 11.5 Å². The highest BCUT2D eigenvalue weighted by atomic mass is 16.5. The fourth-order valence-electron chi connectivity index (χ4n) is 3.46. The first-order chi connectivity index (χ1) is 16.7. The molecule has 0 aliphatic rings. The molecule has 0 atom stereocenters. The smallest absolute Gasteiger partial charge is 0.307 e. The Balaban J connectivity index is 1.65. The molecule has 0 radical (unpaired) electrons. The summed E-state index contributed by atoms with van der Waals surface area (Å²) in [4.78, 5) is 11.4. The Morgan fingerprint density at radius 3 is 1.32 bits per heavy atom. The van der Waals surface area contributed by atoms with E-state index in [0.717, 1.165) is 16.7 Å². The second-order valence-corrected chi connectivity index (χ2v) is 7.81. The van der Waals surface area contributed by atoms with Crippen molar-refractivity contribution in [3.63, 3.8) is 0 Å². The molecule has 4 aromatic rings. The van der Waals surface area contributed by atoms with Crippen LogP contribution in [0, 0.1) is 0 Å². The third-order valence-electron chi connectivity index (χ3n) is 5.14. The van der Waals surface area contributed by atoms with E-state index >= 15 is 0 Å². The van der Waals surface area contributed by atoms with Crippen molar-refractivity contribution < 1.29 is 24.1 Å². The van der Waals surface area contributed by atoms with E-state index in [1.807, 2.05) is 91.0 Å². The summed E-state index contributed by atoms with van der Waals surface area (Å²) in [5.41, 5.74) is 3.56. The highest BCUT2D eigenvalue weighted by Gasteiger charge is 2.18. The fourth-order valence-corrected chi connectivity index (χ4v) is 3.46. The second-order valence-electron chi connectivity index (χ2n) is 7.81. The van der Waals surface area contributed by atoms with Crippen LogP contribution in [0.4, 0.5) is 0 Å². The van der Waals surface area contributed by atoms with Gasteiger partial charge in [-0.2, -0.15) is 0 Å². The maximum absolute atomic E-state index is 11.4. The van der Waals surface area contributed by atoms with Gasteiger partial charge >= 0.3 is 5.97 Å². The maximum Gasteiger partial charge on any atom is 0.307 e. The topological polar surface area (TPSA) is 65.0 Å². The standard InChI is InChI=1S/C29H26O5/c30-28(31)18-25-16-26(32-19-22-10-4-1-5-11-22)29(34-21-24-14-8-3-9-15-24)27(17-25)33-20-23-12-6-2-7-13-23/h1-17H,18-21H2,(H,30,31). The molecule has 0 aliphatic carbocycles. The summed E-state index contributed by atoms with van der Waals surface area (Å²) in [6, 6.07) is 32.8. The first-order valence-corrected chi connectivity index (χ1v) is 11.1. The number of carbonyl (C=O) groups is 1. The van der Waals surface area contributed by atoms with Crippen LogP contribution in [0.25, 0.3) is 0 Å². The Morgan fingerprint density at radius 1 is 0.559 bits per heavy atom. The summed E-state index contributed by atoms with van der Waals surface area (Å²) in [7, 11) is 0. The summed E-state index contributed by atoms with van der Waals surface area (Å²) in [6.07, 6.45) is -0.150. The van der Waals surface area contributed by atoms with Crippen molar-refractivity contribution >= 4 is 5.97 Å².